The van der Waals surface area contributed by atoms with Crippen LogP contribution in [0.2, 0.25) is 0 Å². The molecule has 0 radical (unpaired) electrons. The molecule has 0 bridgehead atoms. The van der Waals surface area contributed by atoms with Gasteiger partial charge in [0.05, 0.1) is 27.4 Å². The topological polar surface area (TPSA) is 44.4 Å². The number of aromatic nitrogens is 1. The van der Waals surface area contributed by atoms with Gasteiger partial charge in [-0.25, -0.2) is 0 Å². The number of nitrogens with zero attached hydrogens (tertiary/aromatic N) is 2. The summed E-state index contributed by atoms with van der Waals surface area (Å²) in [5.74, 6) is 0.000312. The molecule has 4 heterocycles. The number of rotatable bonds is 1. The van der Waals surface area contributed by atoms with Crippen molar-refractivity contribution >= 4 is 55.9 Å². The van der Waals surface area contributed by atoms with Gasteiger partial charge in [-0.1, -0.05) is 95.9 Å². The van der Waals surface area contributed by atoms with Crippen LogP contribution in [0, 0.1) is 0 Å². The van der Waals surface area contributed by atoms with Gasteiger partial charge in [0.1, 0.15) is 10.5 Å². The van der Waals surface area contributed by atoms with E-state index < -0.39 is 0 Å². The molecule has 0 spiro atoms. The molecule has 1 aromatic heterocycles. The highest BCUT2D eigenvalue weighted by Crippen LogP contribution is 2.56. The van der Waals surface area contributed by atoms with Crippen LogP contribution in [-0.2, 0) is 17.9 Å². The van der Waals surface area contributed by atoms with Crippen molar-refractivity contribution in [3.05, 3.63) is 146 Å². The Morgan fingerprint density at radius 2 is 1.43 bits per heavy atom. The second kappa shape index (κ2) is 8.07. The van der Waals surface area contributed by atoms with E-state index in [2.05, 4.69) is 70.1 Å². The van der Waals surface area contributed by atoms with Gasteiger partial charge in [-0.3, -0.25) is 4.79 Å². The van der Waals surface area contributed by atoms with E-state index in [1.807, 2.05) is 36.4 Å². The van der Waals surface area contributed by atoms with Crippen LogP contribution in [0.3, 0.4) is 0 Å². The second-order valence-electron chi connectivity index (χ2n) is 10.4. The summed E-state index contributed by atoms with van der Waals surface area (Å²) < 4.78 is 3.45. The Morgan fingerprint density at radius 1 is 0.725 bits per heavy atom. The van der Waals surface area contributed by atoms with Crippen molar-refractivity contribution < 1.29 is 14.5 Å². The number of anilines is 1. The molecule has 1 N–H and O–H groups in total. The van der Waals surface area contributed by atoms with Crippen molar-refractivity contribution in [3.8, 4) is 0 Å². The normalized spacial score (nSPS) is 18.8. The Kier molecular flexibility index (Phi) is 4.52. The molecule has 40 heavy (non-hydrogen) atoms. The van der Waals surface area contributed by atoms with E-state index in [0.29, 0.717) is 11.1 Å². The zero-order chi connectivity index (χ0) is 26.5. The number of carbonyl (C=O) groups is 1. The van der Waals surface area contributed by atoms with Gasteiger partial charge in [-0.05, 0) is 34.9 Å². The minimum atomic E-state index is -0.0936. The number of fused-ring (bicyclic) bond motifs is 8. The molecule has 0 fully saturated rings. The van der Waals surface area contributed by atoms with Gasteiger partial charge in [0.25, 0.3) is 5.01 Å². The number of para-hydroxylation sites is 2. The number of Topliss-reactive ketones (excluding diaryl/α,β-unsaturated/α-hetero) is 1. The van der Waals surface area contributed by atoms with E-state index in [1.165, 1.54) is 9.60 Å². The van der Waals surface area contributed by atoms with Crippen LogP contribution in [-0.4, -0.2) is 10.9 Å². The van der Waals surface area contributed by atoms with E-state index in [0.717, 1.165) is 67.7 Å². The summed E-state index contributed by atoms with van der Waals surface area (Å²) in [6, 6.07) is 33.2. The number of ketones is 1. The predicted molar refractivity (Wildman–Crippen MR) is 160 cm³/mol. The maximum Gasteiger partial charge on any atom is 0.271 e. The van der Waals surface area contributed by atoms with Crippen molar-refractivity contribution in [1.82, 2.24) is 0 Å². The number of aliphatic hydroxyl groups is 1. The third-order valence-corrected chi connectivity index (χ3v) is 10.7. The SMILES string of the molecule is O=C1C(C2=C3Sc4ccccc4N3Cc3ccccc32)=C(O)/C1=C1/c2ccccc2C[n+]2c1sc1ccccc12. The lowest BCUT2D eigenvalue weighted by Crippen LogP contribution is -2.41. The Balaban J connectivity index is 1.31. The highest BCUT2D eigenvalue weighted by atomic mass is 32.2. The molecular formula is C34H21N2O2S2+. The fourth-order valence-corrected chi connectivity index (χ4v) is 8.93. The van der Waals surface area contributed by atoms with Gasteiger partial charge in [-0.15, -0.1) is 0 Å². The van der Waals surface area contributed by atoms with Gasteiger partial charge < -0.3 is 10.0 Å². The van der Waals surface area contributed by atoms with Crippen molar-refractivity contribution in [3.63, 3.8) is 0 Å². The maximum atomic E-state index is 14.3. The fourth-order valence-electron chi connectivity index (χ4n) is 6.48. The van der Waals surface area contributed by atoms with Crippen molar-refractivity contribution in [1.29, 1.82) is 0 Å². The standard InChI is InChI=1S/C34H20N2O2S2/c37-31-29(27-21-11-3-1-9-19(21)17-35-23-13-5-7-15-25(23)39-33(27)35)32(38)30(31)28-22-12-4-2-10-20(22)18-36-24-14-6-8-16-26(24)40-34(28)36/h1-16H,17-18H2/p+1. The minimum Gasteiger partial charge on any atom is -0.506 e. The lowest BCUT2D eigenvalue weighted by molar-refractivity contribution is -0.661. The zero-order valence-electron chi connectivity index (χ0n) is 21.2. The molecule has 1 aliphatic carbocycles. The Hall–Kier alpha value is -4.39. The molecule has 0 atom stereocenters. The molecule has 0 saturated heterocycles. The first-order valence-electron chi connectivity index (χ1n) is 13.3. The van der Waals surface area contributed by atoms with Gasteiger partial charge >= 0.3 is 0 Å². The summed E-state index contributed by atoms with van der Waals surface area (Å²) in [6.45, 7) is 1.48. The minimum absolute atomic E-state index is 0.0936. The monoisotopic (exact) mass is 553 g/mol. The van der Waals surface area contributed by atoms with E-state index >= 15 is 0 Å². The Labute approximate surface area is 238 Å². The molecule has 190 valence electrons. The number of hydrogen-bond acceptors (Lipinski definition) is 5. The lowest BCUT2D eigenvalue weighted by atomic mass is 9.75. The molecular weight excluding hydrogens is 533 g/mol. The number of benzene rings is 4. The number of carbonyl (C=O) groups excluding carboxylic acids is 1. The third-order valence-electron chi connectivity index (χ3n) is 8.30. The molecule has 0 amide bonds. The summed E-state index contributed by atoms with van der Waals surface area (Å²) in [5, 5.41) is 13.9. The smallest absolute Gasteiger partial charge is 0.271 e. The Bertz CT molecular complexity index is 2080. The quantitative estimate of drug-likeness (QED) is 0.172. The second-order valence-corrected chi connectivity index (χ2v) is 12.5. The van der Waals surface area contributed by atoms with Crippen molar-refractivity contribution in [2.75, 3.05) is 4.90 Å². The van der Waals surface area contributed by atoms with Gasteiger partial charge in [0.2, 0.25) is 11.3 Å². The van der Waals surface area contributed by atoms with Gasteiger partial charge in [0, 0.05) is 28.6 Å². The van der Waals surface area contributed by atoms with E-state index in [4.69, 9.17) is 0 Å². The molecule has 5 aromatic rings. The third kappa shape index (κ3) is 2.87. The average molecular weight is 554 g/mol. The summed E-state index contributed by atoms with van der Waals surface area (Å²) in [5.41, 5.74) is 9.15. The van der Waals surface area contributed by atoms with Gasteiger partial charge in [-0.2, -0.15) is 4.57 Å². The van der Waals surface area contributed by atoms with Crippen LogP contribution in [0.1, 0.15) is 27.3 Å². The molecule has 4 nitrogen and oxygen atoms in total. The lowest BCUT2D eigenvalue weighted by Gasteiger charge is -2.34. The number of aliphatic hydroxyl groups excluding tert-OH is 1. The van der Waals surface area contributed by atoms with Crippen LogP contribution in [0.25, 0.3) is 21.4 Å². The molecule has 6 heteroatoms. The predicted octanol–water partition coefficient (Wildman–Crippen LogP) is 7.24. The summed E-state index contributed by atoms with van der Waals surface area (Å²) in [4.78, 5) is 17.8. The van der Waals surface area contributed by atoms with Crippen molar-refractivity contribution in [2.24, 2.45) is 0 Å². The van der Waals surface area contributed by atoms with Gasteiger partial charge in [0.15, 0.2) is 6.54 Å². The van der Waals surface area contributed by atoms with Crippen molar-refractivity contribution in [2.45, 2.75) is 18.0 Å². The maximum absolute atomic E-state index is 14.3. The fraction of sp³-hybridized carbons (Fsp3) is 0.0588. The molecule has 0 saturated carbocycles. The van der Waals surface area contributed by atoms with Crippen LogP contribution in [0.4, 0.5) is 5.69 Å². The van der Waals surface area contributed by atoms with Crippen LogP contribution < -0.4 is 9.47 Å². The van der Waals surface area contributed by atoms with E-state index in [1.54, 1.807) is 23.1 Å². The number of thioether (sulfide) groups is 1. The first kappa shape index (κ1) is 22.4. The van der Waals surface area contributed by atoms with E-state index in [9.17, 15) is 9.90 Å². The number of thiazole rings is 1. The van der Waals surface area contributed by atoms with Crippen LogP contribution in [0.15, 0.2) is 124 Å². The summed E-state index contributed by atoms with van der Waals surface area (Å²) >= 11 is 3.36. The molecule has 3 aliphatic heterocycles. The number of allylic oxidation sites excluding steroid dienone is 3. The number of hydrogen-bond donors (Lipinski definition) is 1. The first-order valence-corrected chi connectivity index (χ1v) is 14.9. The summed E-state index contributed by atoms with van der Waals surface area (Å²) in [7, 11) is 0. The molecule has 4 aliphatic rings. The van der Waals surface area contributed by atoms with E-state index in [-0.39, 0.29) is 11.5 Å². The van der Waals surface area contributed by atoms with Crippen LogP contribution >= 0.6 is 23.1 Å². The average Bonchev–Trinajstić information content (AvgIpc) is 3.55. The zero-order valence-corrected chi connectivity index (χ0v) is 22.9. The summed E-state index contributed by atoms with van der Waals surface area (Å²) in [6.07, 6.45) is 0. The van der Waals surface area contributed by atoms with Crippen LogP contribution in [0.5, 0.6) is 0 Å². The molecule has 9 rings (SSSR count). The first-order chi connectivity index (χ1) is 19.7. The Morgan fingerprint density at radius 3 is 2.27 bits per heavy atom. The largest absolute Gasteiger partial charge is 0.506 e. The highest BCUT2D eigenvalue weighted by molar-refractivity contribution is 8.04. The molecule has 4 aromatic carbocycles. The highest BCUT2D eigenvalue weighted by Gasteiger charge is 2.47. The molecule has 0 unspecified atom stereocenters.